The zero-order chi connectivity index (χ0) is 19.1. The molecule has 28 heavy (non-hydrogen) atoms. The molecule has 2 aromatic heterocycles. The second-order valence-electron chi connectivity index (χ2n) is 7.97. The van der Waals surface area contributed by atoms with Crippen LogP contribution in [0.15, 0.2) is 47.4 Å². The lowest BCUT2D eigenvalue weighted by Crippen LogP contribution is -2.41. The molecule has 1 aliphatic heterocycles. The topological polar surface area (TPSA) is 71.0 Å². The van der Waals surface area contributed by atoms with Crippen LogP contribution in [-0.4, -0.2) is 38.2 Å². The summed E-state index contributed by atoms with van der Waals surface area (Å²) in [5.74, 6) is 0.633. The van der Waals surface area contributed by atoms with E-state index < -0.39 is 0 Å². The second kappa shape index (κ2) is 6.93. The van der Waals surface area contributed by atoms with Crippen LogP contribution in [0.3, 0.4) is 0 Å². The summed E-state index contributed by atoms with van der Waals surface area (Å²) in [7, 11) is 0. The molecule has 1 amide bonds. The quantitative estimate of drug-likeness (QED) is 0.744. The van der Waals surface area contributed by atoms with Gasteiger partial charge >= 0.3 is 0 Å². The van der Waals surface area contributed by atoms with Crippen molar-refractivity contribution in [1.29, 1.82) is 0 Å². The summed E-state index contributed by atoms with van der Waals surface area (Å²) >= 11 is 0. The number of rotatable bonds is 5. The Bertz CT molecular complexity index is 1080. The van der Waals surface area contributed by atoms with Gasteiger partial charge in [-0.1, -0.05) is 18.2 Å². The zero-order valence-corrected chi connectivity index (χ0v) is 15.8. The van der Waals surface area contributed by atoms with Gasteiger partial charge in [0.25, 0.3) is 5.56 Å². The molecule has 6 nitrogen and oxygen atoms in total. The van der Waals surface area contributed by atoms with Crippen molar-refractivity contribution >= 4 is 16.8 Å². The molecular formula is C22H24N4O2. The van der Waals surface area contributed by atoms with Crippen LogP contribution in [0.1, 0.15) is 42.9 Å². The minimum atomic E-state index is -0.0830. The molecule has 5 rings (SSSR count). The first-order valence-electron chi connectivity index (χ1n) is 10.1. The number of fused-ring (bicyclic) bond motifs is 1. The first-order chi connectivity index (χ1) is 13.7. The number of benzene rings is 1. The number of amides is 1. The average Bonchev–Trinajstić information content (AvgIpc) is 3.32. The molecule has 144 valence electrons. The summed E-state index contributed by atoms with van der Waals surface area (Å²) < 4.78 is 1.57. The highest BCUT2D eigenvalue weighted by atomic mass is 16.2. The van der Waals surface area contributed by atoms with Crippen molar-refractivity contribution in [3.63, 3.8) is 0 Å². The summed E-state index contributed by atoms with van der Waals surface area (Å²) in [6, 6.07) is 11.6. The maximum absolute atomic E-state index is 13.0. The summed E-state index contributed by atoms with van der Waals surface area (Å²) in [5, 5.41) is 5.67. The van der Waals surface area contributed by atoms with Crippen LogP contribution in [0, 0.1) is 0 Å². The molecule has 1 unspecified atom stereocenters. The summed E-state index contributed by atoms with van der Waals surface area (Å²) in [4.78, 5) is 30.5. The summed E-state index contributed by atoms with van der Waals surface area (Å²) in [5.41, 5.74) is 3.00. The lowest BCUT2D eigenvalue weighted by molar-refractivity contribution is -0.131. The van der Waals surface area contributed by atoms with Gasteiger partial charge in [0.15, 0.2) is 0 Å². The molecule has 0 spiro atoms. The van der Waals surface area contributed by atoms with Crippen LogP contribution < -0.4 is 5.56 Å². The van der Waals surface area contributed by atoms with Gasteiger partial charge in [0.1, 0.15) is 0 Å². The molecule has 1 saturated heterocycles. The van der Waals surface area contributed by atoms with E-state index in [1.54, 1.807) is 10.7 Å². The molecule has 1 aromatic carbocycles. The fraction of sp³-hybridized carbons (Fsp3) is 0.409. The van der Waals surface area contributed by atoms with E-state index in [2.05, 4.69) is 10.1 Å². The van der Waals surface area contributed by atoms with E-state index >= 15 is 0 Å². The zero-order valence-electron chi connectivity index (χ0n) is 15.8. The van der Waals surface area contributed by atoms with E-state index in [9.17, 15) is 9.59 Å². The number of carbonyl (C=O) groups is 1. The van der Waals surface area contributed by atoms with Crippen molar-refractivity contribution in [2.45, 2.75) is 50.6 Å². The molecule has 3 aromatic rings. The normalized spacial score (nSPS) is 19.4. The Labute approximate surface area is 163 Å². The molecule has 0 bridgehead atoms. The molecule has 2 fully saturated rings. The van der Waals surface area contributed by atoms with Gasteiger partial charge in [-0.15, -0.1) is 0 Å². The molecule has 3 heterocycles. The molecule has 2 aliphatic rings. The van der Waals surface area contributed by atoms with Crippen molar-refractivity contribution in [2.24, 2.45) is 0 Å². The van der Waals surface area contributed by atoms with Gasteiger partial charge in [-0.2, -0.15) is 5.10 Å². The Morgan fingerprint density at radius 2 is 2.00 bits per heavy atom. The number of carbonyl (C=O) groups excluding carboxylic acids is 1. The minimum Gasteiger partial charge on any atom is -0.361 e. The van der Waals surface area contributed by atoms with Crippen LogP contribution in [0.4, 0.5) is 0 Å². The number of nitrogens with one attached hydrogen (secondary N) is 1. The van der Waals surface area contributed by atoms with Crippen LogP contribution in [0.2, 0.25) is 0 Å². The second-order valence-corrected chi connectivity index (χ2v) is 7.97. The molecule has 1 saturated carbocycles. The highest BCUT2D eigenvalue weighted by molar-refractivity contribution is 5.89. The molecular weight excluding hydrogens is 352 g/mol. The SMILES string of the molecule is O=C(Cc1c[nH]c2ccccc12)N1CCCC1Cn1nc(C2CC2)ccc1=O. The van der Waals surface area contributed by atoms with Crippen molar-refractivity contribution in [1.82, 2.24) is 19.7 Å². The fourth-order valence-corrected chi connectivity index (χ4v) is 4.29. The Balaban J connectivity index is 1.33. The average molecular weight is 376 g/mol. The third-order valence-corrected chi connectivity index (χ3v) is 5.98. The monoisotopic (exact) mass is 376 g/mol. The number of hydrogen-bond acceptors (Lipinski definition) is 3. The largest absolute Gasteiger partial charge is 0.361 e. The number of nitrogens with zero attached hydrogens (tertiary/aromatic N) is 3. The van der Waals surface area contributed by atoms with E-state index in [0.717, 1.165) is 54.4 Å². The molecule has 6 heteroatoms. The third kappa shape index (κ3) is 3.23. The maximum Gasteiger partial charge on any atom is 0.266 e. The van der Waals surface area contributed by atoms with E-state index in [1.807, 2.05) is 41.4 Å². The van der Waals surface area contributed by atoms with Gasteiger partial charge < -0.3 is 9.88 Å². The Hall–Kier alpha value is -2.89. The summed E-state index contributed by atoms with van der Waals surface area (Å²) in [6.45, 7) is 1.24. The van der Waals surface area contributed by atoms with Crippen molar-refractivity contribution in [3.8, 4) is 0 Å². The van der Waals surface area contributed by atoms with Crippen LogP contribution in [0.5, 0.6) is 0 Å². The summed E-state index contributed by atoms with van der Waals surface area (Å²) in [6.07, 6.45) is 6.51. The van der Waals surface area contributed by atoms with E-state index in [0.29, 0.717) is 18.9 Å². The van der Waals surface area contributed by atoms with Crippen LogP contribution in [-0.2, 0) is 17.8 Å². The molecule has 1 aliphatic carbocycles. The van der Waals surface area contributed by atoms with Gasteiger partial charge in [0, 0.05) is 35.6 Å². The maximum atomic E-state index is 13.0. The molecule has 0 radical (unpaired) electrons. The Morgan fingerprint density at radius 3 is 2.86 bits per heavy atom. The van der Waals surface area contributed by atoms with Gasteiger partial charge in [0.05, 0.1) is 24.7 Å². The van der Waals surface area contributed by atoms with E-state index in [1.165, 1.54) is 0 Å². The van der Waals surface area contributed by atoms with E-state index in [-0.39, 0.29) is 17.5 Å². The lowest BCUT2D eigenvalue weighted by atomic mass is 10.1. The molecule has 1 atom stereocenters. The van der Waals surface area contributed by atoms with Gasteiger partial charge in [-0.25, -0.2) is 4.68 Å². The van der Waals surface area contributed by atoms with Gasteiger partial charge in [0.2, 0.25) is 5.91 Å². The highest BCUT2D eigenvalue weighted by Crippen LogP contribution is 2.38. The predicted molar refractivity (Wildman–Crippen MR) is 107 cm³/mol. The molecule has 1 N–H and O–H groups in total. The number of H-pyrrole nitrogens is 1. The lowest BCUT2D eigenvalue weighted by Gasteiger charge is -2.25. The number of aromatic nitrogens is 3. The predicted octanol–water partition coefficient (Wildman–Crippen LogP) is 2.84. The standard InChI is InChI=1S/C22H24N4O2/c27-21-10-9-19(15-7-8-15)24-26(21)14-17-4-3-11-25(17)22(28)12-16-13-23-20-6-2-1-5-18(16)20/h1-2,5-6,9-10,13,15,17,23H,3-4,7-8,11-12,14H2. The first kappa shape index (κ1) is 17.2. The van der Waals surface area contributed by atoms with Crippen molar-refractivity contribution < 1.29 is 4.79 Å². The van der Waals surface area contributed by atoms with Crippen LogP contribution >= 0.6 is 0 Å². The highest BCUT2D eigenvalue weighted by Gasteiger charge is 2.31. The number of aromatic amines is 1. The third-order valence-electron chi connectivity index (χ3n) is 5.98. The van der Waals surface area contributed by atoms with Crippen LogP contribution in [0.25, 0.3) is 10.9 Å². The fourth-order valence-electron chi connectivity index (χ4n) is 4.29. The Morgan fingerprint density at radius 1 is 1.14 bits per heavy atom. The van der Waals surface area contributed by atoms with Gasteiger partial charge in [-0.05, 0) is 43.4 Å². The smallest absolute Gasteiger partial charge is 0.266 e. The first-order valence-corrected chi connectivity index (χ1v) is 10.1. The Kier molecular flexibility index (Phi) is 4.26. The van der Waals surface area contributed by atoms with Gasteiger partial charge in [-0.3, -0.25) is 9.59 Å². The number of para-hydroxylation sites is 1. The van der Waals surface area contributed by atoms with Crippen molar-refractivity contribution in [3.05, 3.63) is 64.2 Å². The number of likely N-dealkylation sites (tertiary alicyclic amines) is 1. The number of hydrogen-bond donors (Lipinski definition) is 1. The van der Waals surface area contributed by atoms with Crippen molar-refractivity contribution in [2.75, 3.05) is 6.54 Å². The minimum absolute atomic E-state index is 0.0392. The van der Waals surface area contributed by atoms with E-state index in [4.69, 9.17) is 0 Å².